The molecule has 0 atom stereocenters. The number of hydrogen-bond donors (Lipinski definition) is 1. The zero-order valence-corrected chi connectivity index (χ0v) is 11.4. The maximum absolute atomic E-state index is 3.99. The number of rotatable bonds is 4. The molecule has 2 aromatic heterocycles. The molecule has 0 saturated heterocycles. The van der Waals surface area contributed by atoms with Crippen molar-refractivity contribution in [2.75, 3.05) is 0 Å². The molecule has 0 aliphatic carbocycles. The van der Waals surface area contributed by atoms with E-state index in [9.17, 15) is 0 Å². The van der Waals surface area contributed by atoms with Crippen LogP contribution in [0.2, 0.25) is 0 Å². The summed E-state index contributed by atoms with van der Waals surface area (Å²) in [6.45, 7) is 3.93. The molecule has 0 fully saturated rings. The van der Waals surface area contributed by atoms with Gasteiger partial charge < -0.3 is 5.32 Å². The summed E-state index contributed by atoms with van der Waals surface area (Å²) < 4.78 is 1.21. The van der Waals surface area contributed by atoms with Crippen molar-refractivity contribution in [3.8, 4) is 0 Å². The van der Waals surface area contributed by atoms with Crippen LogP contribution in [-0.4, -0.2) is 4.98 Å². The van der Waals surface area contributed by atoms with Crippen LogP contribution in [-0.2, 0) is 13.1 Å². The van der Waals surface area contributed by atoms with Gasteiger partial charge in [-0.25, -0.2) is 0 Å². The molecule has 2 heterocycles. The number of nitrogens with one attached hydrogen (secondary N) is 1. The molecule has 16 heavy (non-hydrogen) atoms. The second kappa shape index (κ2) is 5.57. The Bertz CT molecular complexity index is 434. The first kappa shape index (κ1) is 11.8. The minimum absolute atomic E-state index is 0.886. The number of pyridine rings is 1. The third-order valence-corrected chi connectivity index (χ3v) is 4.42. The summed E-state index contributed by atoms with van der Waals surface area (Å²) in [7, 11) is 0. The average Bonchev–Trinajstić information content (AvgIpc) is 2.60. The first-order valence-electron chi connectivity index (χ1n) is 5.10. The van der Waals surface area contributed by atoms with Crippen LogP contribution in [0.15, 0.2) is 35.1 Å². The van der Waals surface area contributed by atoms with Crippen molar-refractivity contribution < 1.29 is 0 Å². The molecule has 2 rings (SSSR count). The van der Waals surface area contributed by atoms with E-state index >= 15 is 0 Å². The van der Waals surface area contributed by atoms with Gasteiger partial charge in [-0.15, -0.1) is 11.3 Å². The fourth-order valence-electron chi connectivity index (χ4n) is 1.44. The Hall–Kier alpha value is -0.710. The first-order chi connectivity index (χ1) is 7.75. The summed E-state index contributed by atoms with van der Waals surface area (Å²) in [5.41, 5.74) is 1.27. The Morgan fingerprint density at radius 3 is 2.69 bits per heavy atom. The van der Waals surface area contributed by atoms with Gasteiger partial charge in [0.05, 0.1) is 0 Å². The molecule has 2 aromatic rings. The molecule has 84 valence electrons. The largest absolute Gasteiger partial charge is 0.308 e. The van der Waals surface area contributed by atoms with E-state index < -0.39 is 0 Å². The van der Waals surface area contributed by atoms with Gasteiger partial charge in [0.25, 0.3) is 0 Å². The summed E-state index contributed by atoms with van der Waals surface area (Å²) in [6.07, 6.45) is 3.64. The van der Waals surface area contributed by atoms with E-state index in [0.717, 1.165) is 13.1 Å². The van der Waals surface area contributed by atoms with Crippen molar-refractivity contribution in [1.29, 1.82) is 0 Å². The summed E-state index contributed by atoms with van der Waals surface area (Å²) >= 11 is 5.36. The van der Waals surface area contributed by atoms with E-state index in [1.165, 1.54) is 19.8 Å². The quantitative estimate of drug-likeness (QED) is 0.934. The maximum atomic E-state index is 3.99. The molecular weight excluding hydrogens is 284 g/mol. The van der Waals surface area contributed by atoms with Crippen LogP contribution in [0.5, 0.6) is 0 Å². The summed E-state index contributed by atoms with van der Waals surface area (Å²) in [5, 5.41) is 3.42. The number of hydrogen-bond acceptors (Lipinski definition) is 3. The SMILES string of the molecule is Cc1sc(CNCc2ccncc2)cc1Br. The van der Waals surface area contributed by atoms with Crippen LogP contribution in [0, 0.1) is 6.92 Å². The average molecular weight is 297 g/mol. The van der Waals surface area contributed by atoms with Gasteiger partial charge in [0, 0.05) is 39.7 Å². The van der Waals surface area contributed by atoms with Crippen molar-refractivity contribution in [2.45, 2.75) is 20.0 Å². The normalized spacial score (nSPS) is 10.6. The molecule has 0 radical (unpaired) electrons. The Kier molecular flexibility index (Phi) is 4.09. The number of halogens is 1. The zero-order chi connectivity index (χ0) is 11.4. The van der Waals surface area contributed by atoms with Crippen molar-refractivity contribution in [2.24, 2.45) is 0 Å². The molecule has 4 heteroatoms. The van der Waals surface area contributed by atoms with E-state index in [1.807, 2.05) is 35.9 Å². The highest BCUT2D eigenvalue weighted by atomic mass is 79.9. The third kappa shape index (κ3) is 3.14. The minimum Gasteiger partial charge on any atom is -0.308 e. The molecule has 0 amide bonds. The van der Waals surface area contributed by atoms with Crippen LogP contribution in [0.1, 0.15) is 15.3 Å². The summed E-state index contributed by atoms with van der Waals surface area (Å²) in [6, 6.07) is 6.24. The number of aromatic nitrogens is 1. The first-order valence-corrected chi connectivity index (χ1v) is 6.71. The standard InChI is InChI=1S/C12H13BrN2S/c1-9-12(13)6-11(16-9)8-15-7-10-2-4-14-5-3-10/h2-6,15H,7-8H2,1H3. The van der Waals surface area contributed by atoms with Crippen LogP contribution >= 0.6 is 27.3 Å². The highest BCUT2D eigenvalue weighted by Gasteiger charge is 2.01. The Morgan fingerprint density at radius 1 is 1.31 bits per heavy atom. The van der Waals surface area contributed by atoms with E-state index in [0.29, 0.717) is 0 Å². The van der Waals surface area contributed by atoms with Crippen LogP contribution in [0.4, 0.5) is 0 Å². The molecule has 0 aliphatic rings. The van der Waals surface area contributed by atoms with Gasteiger partial charge in [0.1, 0.15) is 0 Å². The molecule has 0 saturated carbocycles. The molecule has 0 bridgehead atoms. The number of aryl methyl sites for hydroxylation is 1. The topological polar surface area (TPSA) is 24.9 Å². The maximum Gasteiger partial charge on any atom is 0.0314 e. The fourth-order valence-corrected chi connectivity index (χ4v) is 3.01. The van der Waals surface area contributed by atoms with E-state index in [-0.39, 0.29) is 0 Å². The van der Waals surface area contributed by atoms with Crippen molar-refractivity contribution in [1.82, 2.24) is 10.3 Å². The van der Waals surface area contributed by atoms with Gasteiger partial charge in [0.15, 0.2) is 0 Å². The highest BCUT2D eigenvalue weighted by Crippen LogP contribution is 2.26. The van der Waals surface area contributed by atoms with Gasteiger partial charge in [-0.1, -0.05) is 0 Å². The van der Waals surface area contributed by atoms with Gasteiger partial charge >= 0.3 is 0 Å². The second-order valence-corrected chi connectivity index (χ2v) is 5.77. The molecule has 1 N–H and O–H groups in total. The fraction of sp³-hybridized carbons (Fsp3) is 0.250. The van der Waals surface area contributed by atoms with Gasteiger partial charge in [-0.2, -0.15) is 0 Å². The molecule has 2 nitrogen and oxygen atoms in total. The lowest BCUT2D eigenvalue weighted by Gasteiger charge is -2.02. The van der Waals surface area contributed by atoms with Crippen LogP contribution < -0.4 is 5.32 Å². The van der Waals surface area contributed by atoms with E-state index in [1.54, 1.807) is 0 Å². The predicted octanol–water partition coefficient (Wildman–Crippen LogP) is 3.50. The summed E-state index contributed by atoms with van der Waals surface area (Å²) in [5.74, 6) is 0. The Balaban J connectivity index is 1.84. The minimum atomic E-state index is 0.886. The van der Waals surface area contributed by atoms with Crippen molar-refractivity contribution >= 4 is 27.3 Å². The second-order valence-electron chi connectivity index (χ2n) is 3.58. The molecule has 0 spiro atoms. The molecular formula is C12H13BrN2S. The zero-order valence-electron chi connectivity index (χ0n) is 9.03. The number of thiophene rings is 1. The van der Waals surface area contributed by atoms with E-state index in [2.05, 4.69) is 39.2 Å². The van der Waals surface area contributed by atoms with Crippen LogP contribution in [0.3, 0.4) is 0 Å². The molecule has 0 unspecified atom stereocenters. The summed E-state index contributed by atoms with van der Waals surface area (Å²) in [4.78, 5) is 6.69. The Morgan fingerprint density at radius 2 is 2.06 bits per heavy atom. The monoisotopic (exact) mass is 296 g/mol. The van der Waals surface area contributed by atoms with Crippen molar-refractivity contribution in [3.63, 3.8) is 0 Å². The lowest BCUT2D eigenvalue weighted by atomic mass is 10.3. The molecule has 0 aromatic carbocycles. The highest BCUT2D eigenvalue weighted by molar-refractivity contribution is 9.10. The predicted molar refractivity (Wildman–Crippen MR) is 71.5 cm³/mol. The van der Waals surface area contributed by atoms with Gasteiger partial charge in [-0.3, -0.25) is 4.98 Å². The smallest absolute Gasteiger partial charge is 0.0314 e. The third-order valence-electron chi connectivity index (χ3n) is 2.29. The lowest BCUT2D eigenvalue weighted by molar-refractivity contribution is 0.700. The Labute approximate surface area is 108 Å². The van der Waals surface area contributed by atoms with Gasteiger partial charge in [-0.05, 0) is 46.6 Å². The van der Waals surface area contributed by atoms with Crippen molar-refractivity contribution in [3.05, 3.63) is 50.4 Å². The van der Waals surface area contributed by atoms with E-state index in [4.69, 9.17) is 0 Å². The van der Waals surface area contributed by atoms with Crippen LogP contribution in [0.25, 0.3) is 0 Å². The lowest BCUT2D eigenvalue weighted by Crippen LogP contribution is -2.11. The van der Waals surface area contributed by atoms with Gasteiger partial charge in [0.2, 0.25) is 0 Å². The number of nitrogens with zero attached hydrogens (tertiary/aromatic N) is 1. The molecule has 0 aliphatic heterocycles.